The maximum absolute atomic E-state index is 11.6. The molecule has 0 radical (unpaired) electrons. The van der Waals surface area contributed by atoms with Crippen LogP contribution >= 0.6 is 0 Å². The molecule has 0 spiro atoms. The summed E-state index contributed by atoms with van der Waals surface area (Å²) in [6.07, 6.45) is -0.640. The summed E-state index contributed by atoms with van der Waals surface area (Å²) >= 11 is 0. The summed E-state index contributed by atoms with van der Waals surface area (Å²) in [5.74, 6) is -0.450. The summed E-state index contributed by atoms with van der Waals surface area (Å²) in [5, 5.41) is 0. The number of morpholine rings is 1. The van der Waals surface area contributed by atoms with E-state index in [-0.39, 0.29) is 23.8 Å². The molecule has 4 heteroatoms. The van der Waals surface area contributed by atoms with E-state index >= 15 is 0 Å². The Kier molecular flexibility index (Phi) is 2.32. The van der Waals surface area contributed by atoms with Gasteiger partial charge in [-0.3, -0.25) is 9.59 Å². The largest absolute Gasteiger partial charge is 0.450 e. The maximum atomic E-state index is 11.6. The molecule has 0 aliphatic carbocycles. The van der Waals surface area contributed by atoms with Gasteiger partial charge in [-0.25, -0.2) is 0 Å². The Bertz CT molecular complexity index is 242. The molecule has 1 aliphatic rings. The number of esters is 1. The molecule has 0 aromatic rings. The summed E-state index contributed by atoms with van der Waals surface area (Å²) in [7, 11) is 1.61. The number of carbonyl (C=O) groups excluding carboxylic acids is 2. The smallest absolute Gasteiger partial charge is 0.326 e. The van der Waals surface area contributed by atoms with E-state index < -0.39 is 6.10 Å². The SMILES string of the molecule is CN1CC(=O)O[C@H](C(C)(C)C)C1=O. The van der Waals surface area contributed by atoms with Gasteiger partial charge in [0.1, 0.15) is 6.54 Å². The highest BCUT2D eigenvalue weighted by Gasteiger charge is 2.40. The maximum Gasteiger partial charge on any atom is 0.326 e. The topological polar surface area (TPSA) is 46.6 Å². The van der Waals surface area contributed by atoms with Gasteiger partial charge in [0.05, 0.1) is 0 Å². The van der Waals surface area contributed by atoms with Gasteiger partial charge in [-0.15, -0.1) is 0 Å². The van der Waals surface area contributed by atoms with E-state index in [1.807, 2.05) is 20.8 Å². The Balaban J connectivity index is 2.84. The Morgan fingerprint density at radius 1 is 1.38 bits per heavy atom. The first-order chi connectivity index (χ1) is 5.82. The third-order valence-electron chi connectivity index (χ3n) is 2.00. The zero-order valence-electron chi connectivity index (χ0n) is 8.46. The van der Waals surface area contributed by atoms with E-state index in [4.69, 9.17) is 4.74 Å². The molecule has 0 unspecified atom stereocenters. The molecule has 1 saturated heterocycles. The average molecular weight is 185 g/mol. The lowest BCUT2D eigenvalue weighted by Crippen LogP contribution is -2.53. The van der Waals surface area contributed by atoms with Crippen LogP contribution in [0.15, 0.2) is 0 Å². The second-order valence-electron chi connectivity index (χ2n) is 4.43. The molecular weight excluding hydrogens is 170 g/mol. The van der Waals surface area contributed by atoms with Crippen molar-refractivity contribution in [2.24, 2.45) is 5.41 Å². The van der Waals surface area contributed by atoms with Crippen LogP contribution in [0.2, 0.25) is 0 Å². The third-order valence-corrected chi connectivity index (χ3v) is 2.00. The summed E-state index contributed by atoms with van der Waals surface area (Å²) in [6.45, 7) is 5.69. The minimum Gasteiger partial charge on any atom is -0.450 e. The Morgan fingerprint density at radius 2 is 1.92 bits per heavy atom. The normalized spacial score (nSPS) is 24.6. The van der Waals surface area contributed by atoms with Crippen molar-refractivity contribution in [3.63, 3.8) is 0 Å². The lowest BCUT2D eigenvalue weighted by atomic mass is 9.87. The van der Waals surface area contributed by atoms with Crippen molar-refractivity contribution >= 4 is 11.9 Å². The molecule has 4 nitrogen and oxygen atoms in total. The zero-order valence-corrected chi connectivity index (χ0v) is 8.46. The first-order valence-corrected chi connectivity index (χ1v) is 4.27. The molecular formula is C9H15NO3. The van der Waals surface area contributed by atoms with Crippen LogP contribution in [0.4, 0.5) is 0 Å². The van der Waals surface area contributed by atoms with E-state index in [1.165, 1.54) is 4.90 Å². The van der Waals surface area contributed by atoms with Crippen LogP contribution in [0.3, 0.4) is 0 Å². The van der Waals surface area contributed by atoms with Gasteiger partial charge in [0, 0.05) is 12.5 Å². The van der Waals surface area contributed by atoms with Gasteiger partial charge in [-0.2, -0.15) is 0 Å². The summed E-state index contributed by atoms with van der Waals surface area (Å²) < 4.78 is 5.00. The molecule has 0 bridgehead atoms. The van der Waals surface area contributed by atoms with Crippen LogP contribution in [-0.4, -0.2) is 36.5 Å². The molecule has 1 atom stereocenters. The van der Waals surface area contributed by atoms with E-state index in [1.54, 1.807) is 7.05 Å². The molecule has 0 saturated carbocycles. The molecule has 1 fully saturated rings. The van der Waals surface area contributed by atoms with Crippen molar-refractivity contribution in [3.05, 3.63) is 0 Å². The molecule has 13 heavy (non-hydrogen) atoms. The van der Waals surface area contributed by atoms with Crippen molar-refractivity contribution in [2.75, 3.05) is 13.6 Å². The highest BCUT2D eigenvalue weighted by Crippen LogP contribution is 2.26. The number of hydrogen-bond donors (Lipinski definition) is 0. The predicted octanol–water partition coefficient (Wildman–Crippen LogP) is 0.416. The molecule has 0 N–H and O–H groups in total. The Morgan fingerprint density at radius 3 is 2.38 bits per heavy atom. The fourth-order valence-corrected chi connectivity index (χ4v) is 1.24. The summed E-state index contributed by atoms with van der Waals surface area (Å²) in [5.41, 5.74) is -0.332. The Labute approximate surface area is 77.8 Å². The minimum absolute atomic E-state index is 0.0609. The van der Waals surface area contributed by atoms with Gasteiger partial charge in [0.15, 0.2) is 6.10 Å². The van der Waals surface area contributed by atoms with Gasteiger partial charge < -0.3 is 9.64 Å². The van der Waals surface area contributed by atoms with Gasteiger partial charge in [0.2, 0.25) is 0 Å². The van der Waals surface area contributed by atoms with E-state index in [2.05, 4.69) is 0 Å². The van der Waals surface area contributed by atoms with Gasteiger partial charge >= 0.3 is 5.97 Å². The molecule has 0 aromatic heterocycles. The number of hydrogen-bond acceptors (Lipinski definition) is 3. The number of cyclic esters (lactones) is 1. The van der Waals surface area contributed by atoms with Crippen molar-refractivity contribution in [1.82, 2.24) is 4.90 Å². The Hall–Kier alpha value is -1.06. The van der Waals surface area contributed by atoms with Crippen LogP contribution in [0, 0.1) is 5.41 Å². The lowest BCUT2D eigenvalue weighted by molar-refractivity contribution is -0.177. The van der Waals surface area contributed by atoms with Gasteiger partial charge in [-0.1, -0.05) is 20.8 Å². The van der Waals surface area contributed by atoms with Crippen LogP contribution < -0.4 is 0 Å². The standard InChI is InChI=1S/C9H15NO3/c1-9(2,3)7-8(12)10(4)5-6(11)13-7/h7H,5H2,1-4H3/t7-/m0/s1. The van der Waals surface area contributed by atoms with Crippen LogP contribution in [-0.2, 0) is 14.3 Å². The van der Waals surface area contributed by atoms with Crippen molar-refractivity contribution in [3.8, 4) is 0 Å². The zero-order chi connectivity index (χ0) is 10.2. The fourth-order valence-electron chi connectivity index (χ4n) is 1.24. The third kappa shape index (κ3) is 1.99. The molecule has 74 valence electrons. The summed E-state index contributed by atoms with van der Waals surface area (Å²) in [4.78, 5) is 24.0. The van der Waals surface area contributed by atoms with Crippen molar-refractivity contribution < 1.29 is 14.3 Å². The van der Waals surface area contributed by atoms with Crippen molar-refractivity contribution in [1.29, 1.82) is 0 Å². The predicted molar refractivity (Wildman–Crippen MR) is 47.0 cm³/mol. The molecule has 1 rings (SSSR count). The monoisotopic (exact) mass is 185 g/mol. The van der Waals surface area contributed by atoms with Crippen LogP contribution in [0.1, 0.15) is 20.8 Å². The number of ether oxygens (including phenoxy) is 1. The number of carbonyl (C=O) groups is 2. The number of likely N-dealkylation sites (N-methyl/N-ethyl adjacent to an activating group) is 1. The fraction of sp³-hybridized carbons (Fsp3) is 0.778. The first kappa shape index (κ1) is 10.0. The van der Waals surface area contributed by atoms with Crippen molar-refractivity contribution in [2.45, 2.75) is 26.9 Å². The number of amides is 1. The van der Waals surface area contributed by atoms with E-state index in [0.29, 0.717) is 0 Å². The van der Waals surface area contributed by atoms with E-state index in [0.717, 1.165) is 0 Å². The second kappa shape index (κ2) is 3.01. The quantitative estimate of drug-likeness (QED) is 0.514. The molecule has 0 aromatic carbocycles. The van der Waals surface area contributed by atoms with Gasteiger partial charge in [-0.05, 0) is 0 Å². The first-order valence-electron chi connectivity index (χ1n) is 4.27. The number of rotatable bonds is 0. The highest BCUT2D eigenvalue weighted by atomic mass is 16.6. The average Bonchev–Trinajstić information content (AvgIpc) is 1.94. The lowest BCUT2D eigenvalue weighted by Gasteiger charge is -2.35. The minimum atomic E-state index is -0.640. The molecule has 1 amide bonds. The second-order valence-corrected chi connectivity index (χ2v) is 4.43. The molecule has 1 heterocycles. The van der Waals surface area contributed by atoms with E-state index in [9.17, 15) is 9.59 Å². The number of nitrogens with zero attached hydrogens (tertiary/aromatic N) is 1. The highest BCUT2D eigenvalue weighted by molar-refractivity contribution is 5.90. The molecule has 1 aliphatic heterocycles. The summed E-state index contributed by atoms with van der Waals surface area (Å²) in [6, 6.07) is 0. The van der Waals surface area contributed by atoms with Crippen LogP contribution in [0.5, 0.6) is 0 Å². The van der Waals surface area contributed by atoms with Crippen LogP contribution in [0.25, 0.3) is 0 Å². The van der Waals surface area contributed by atoms with Gasteiger partial charge in [0.25, 0.3) is 5.91 Å².